The molecular formula is C23H27Cl2N5O. The summed E-state index contributed by atoms with van der Waals surface area (Å²) in [4.78, 5) is 29.4. The molecule has 0 aromatic carbocycles. The Morgan fingerprint density at radius 2 is 1.90 bits per heavy atom. The first-order valence-corrected chi connectivity index (χ1v) is 11.5. The van der Waals surface area contributed by atoms with Crippen molar-refractivity contribution in [3.05, 3.63) is 50.2 Å². The van der Waals surface area contributed by atoms with E-state index in [1.165, 1.54) is 4.57 Å². The lowest BCUT2D eigenvalue weighted by Crippen LogP contribution is -2.43. The number of anilines is 1. The van der Waals surface area contributed by atoms with E-state index >= 15 is 0 Å². The van der Waals surface area contributed by atoms with Crippen LogP contribution in [0.5, 0.6) is 0 Å². The van der Waals surface area contributed by atoms with Crippen LogP contribution in [-0.4, -0.2) is 32.1 Å². The van der Waals surface area contributed by atoms with Crippen LogP contribution >= 0.6 is 23.2 Å². The SMILES string of the molecule is Cc1ccnc(C(C)C)c1-n1c(=O)nc(N2C[C@@H](C)CC[C@@H]2C)c2cc(Cl)c(Cl)nc21. The van der Waals surface area contributed by atoms with Crippen molar-refractivity contribution in [1.29, 1.82) is 0 Å². The van der Waals surface area contributed by atoms with Gasteiger partial charge in [-0.05, 0) is 56.2 Å². The van der Waals surface area contributed by atoms with Gasteiger partial charge in [-0.1, -0.05) is 44.0 Å². The van der Waals surface area contributed by atoms with E-state index in [9.17, 15) is 4.79 Å². The summed E-state index contributed by atoms with van der Waals surface area (Å²) in [5.74, 6) is 1.25. The Hall–Kier alpha value is -2.18. The lowest BCUT2D eigenvalue weighted by atomic mass is 9.95. The average Bonchev–Trinajstić information content (AvgIpc) is 2.71. The van der Waals surface area contributed by atoms with Crippen molar-refractivity contribution in [2.75, 3.05) is 11.4 Å². The molecule has 4 rings (SSSR count). The second kappa shape index (κ2) is 8.40. The molecule has 0 spiro atoms. The van der Waals surface area contributed by atoms with Crippen LogP contribution in [0.15, 0.2) is 23.1 Å². The third kappa shape index (κ3) is 3.92. The molecule has 2 atom stereocenters. The lowest BCUT2D eigenvalue weighted by molar-refractivity contribution is 0.388. The Labute approximate surface area is 192 Å². The van der Waals surface area contributed by atoms with E-state index in [1.807, 2.05) is 26.8 Å². The molecule has 1 aliphatic rings. The van der Waals surface area contributed by atoms with E-state index in [0.717, 1.165) is 30.6 Å². The minimum Gasteiger partial charge on any atom is -0.353 e. The number of aromatic nitrogens is 4. The van der Waals surface area contributed by atoms with E-state index < -0.39 is 5.69 Å². The maximum Gasteiger partial charge on any atom is 0.355 e. The molecule has 8 heteroatoms. The van der Waals surface area contributed by atoms with Gasteiger partial charge in [-0.25, -0.2) is 14.3 Å². The number of pyridine rings is 2. The van der Waals surface area contributed by atoms with Crippen molar-refractivity contribution >= 4 is 40.1 Å². The van der Waals surface area contributed by atoms with Gasteiger partial charge >= 0.3 is 5.69 Å². The zero-order chi connectivity index (χ0) is 22.4. The molecule has 3 aromatic heterocycles. The van der Waals surface area contributed by atoms with Crippen molar-refractivity contribution in [2.24, 2.45) is 5.92 Å². The van der Waals surface area contributed by atoms with Crippen LogP contribution in [0.4, 0.5) is 5.82 Å². The topological polar surface area (TPSA) is 63.9 Å². The second-order valence-corrected chi connectivity index (χ2v) is 9.65. The molecule has 0 N–H and O–H groups in total. The highest BCUT2D eigenvalue weighted by Crippen LogP contribution is 2.35. The van der Waals surface area contributed by atoms with Crippen LogP contribution in [-0.2, 0) is 0 Å². The molecule has 0 unspecified atom stereocenters. The molecule has 0 amide bonds. The number of piperidine rings is 1. The van der Waals surface area contributed by atoms with Gasteiger partial charge in [-0.15, -0.1) is 0 Å². The smallest absolute Gasteiger partial charge is 0.353 e. The molecule has 6 nitrogen and oxygen atoms in total. The fraction of sp³-hybridized carbons (Fsp3) is 0.478. The molecule has 0 radical (unpaired) electrons. The monoisotopic (exact) mass is 459 g/mol. The highest BCUT2D eigenvalue weighted by atomic mass is 35.5. The van der Waals surface area contributed by atoms with Crippen LogP contribution in [0.1, 0.15) is 57.7 Å². The van der Waals surface area contributed by atoms with Crippen molar-refractivity contribution in [3.63, 3.8) is 0 Å². The van der Waals surface area contributed by atoms with E-state index in [0.29, 0.717) is 33.5 Å². The van der Waals surface area contributed by atoms with Gasteiger partial charge in [-0.3, -0.25) is 4.98 Å². The summed E-state index contributed by atoms with van der Waals surface area (Å²) in [5.41, 5.74) is 2.50. The predicted octanol–water partition coefficient (Wildman–Crippen LogP) is 5.54. The van der Waals surface area contributed by atoms with E-state index in [4.69, 9.17) is 23.2 Å². The quantitative estimate of drug-likeness (QED) is 0.481. The van der Waals surface area contributed by atoms with E-state index in [1.54, 1.807) is 12.3 Å². The first kappa shape index (κ1) is 22.0. The maximum atomic E-state index is 13.5. The van der Waals surface area contributed by atoms with Crippen LogP contribution in [0.2, 0.25) is 10.2 Å². The Balaban J connectivity index is 2.08. The minimum atomic E-state index is -0.392. The third-order valence-electron chi connectivity index (χ3n) is 6.07. The van der Waals surface area contributed by atoms with Crippen LogP contribution in [0, 0.1) is 12.8 Å². The molecule has 0 saturated carbocycles. The lowest BCUT2D eigenvalue weighted by Gasteiger charge is -2.38. The fourth-order valence-corrected chi connectivity index (χ4v) is 4.66. The number of rotatable bonds is 3. The van der Waals surface area contributed by atoms with Crippen LogP contribution < -0.4 is 10.6 Å². The largest absolute Gasteiger partial charge is 0.355 e. The molecule has 31 heavy (non-hydrogen) atoms. The molecule has 1 aliphatic heterocycles. The zero-order valence-electron chi connectivity index (χ0n) is 18.5. The van der Waals surface area contributed by atoms with Gasteiger partial charge in [0, 0.05) is 18.8 Å². The minimum absolute atomic E-state index is 0.113. The Morgan fingerprint density at radius 1 is 1.16 bits per heavy atom. The Kier molecular flexibility index (Phi) is 5.97. The maximum absolute atomic E-state index is 13.5. The molecule has 3 aromatic rings. The summed E-state index contributed by atoms with van der Waals surface area (Å²) in [6, 6.07) is 3.93. The summed E-state index contributed by atoms with van der Waals surface area (Å²) >= 11 is 12.7. The molecule has 0 aliphatic carbocycles. The van der Waals surface area contributed by atoms with Crippen molar-refractivity contribution in [3.8, 4) is 5.69 Å². The molecule has 1 saturated heterocycles. The predicted molar refractivity (Wildman–Crippen MR) is 127 cm³/mol. The highest BCUT2D eigenvalue weighted by molar-refractivity contribution is 6.41. The summed E-state index contributed by atoms with van der Waals surface area (Å²) in [5, 5.41) is 1.21. The first-order valence-electron chi connectivity index (χ1n) is 10.7. The van der Waals surface area contributed by atoms with E-state index in [2.05, 4.69) is 33.7 Å². The molecule has 4 heterocycles. The Bertz CT molecular complexity index is 1210. The molecule has 164 valence electrons. The highest BCUT2D eigenvalue weighted by Gasteiger charge is 2.28. The molecular weight excluding hydrogens is 433 g/mol. The number of nitrogens with zero attached hydrogens (tertiary/aromatic N) is 5. The summed E-state index contributed by atoms with van der Waals surface area (Å²) in [7, 11) is 0. The third-order valence-corrected chi connectivity index (χ3v) is 6.75. The standard InChI is InChI=1S/C23H27Cl2N5O/c1-12(2)18-19(14(4)8-9-26-18)30-22-16(10-17(24)20(25)27-22)21(28-23(30)31)29-11-13(3)6-7-15(29)5/h8-10,12-13,15H,6-7,11H2,1-5H3/t13-,15-/m0/s1. The molecule has 1 fully saturated rings. The van der Waals surface area contributed by atoms with Crippen molar-refractivity contribution in [2.45, 2.75) is 59.4 Å². The zero-order valence-corrected chi connectivity index (χ0v) is 20.0. The van der Waals surface area contributed by atoms with Crippen LogP contribution in [0.3, 0.4) is 0 Å². The normalized spacial score (nSPS) is 19.4. The van der Waals surface area contributed by atoms with Gasteiger partial charge in [0.2, 0.25) is 0 Å². The van der Waals surface area contributed by atoms with Crippen molar-refractivity contribution < 1.29 is 0 Å². The van der Waals surface area contributed by atoms with Gasteiger partial charge in [0.15, 0.2) is 5.65 Å². The van der Waals surface area contributed by atoms with Gasteiger partial charge < -0.3 is 4.90 Å². The average molecular weight is 460 g/mol. The van der Waals surface area contributed by atoms with E-state index in [-0.39, 0.29) is 17.1 Å². The number of hydrogen-bond acceptors (Lipinski definition) is 5. The summed E-state index contributed by atoms with van der Waals surface area (Å²) in [6.45, 7) is 11.3. The fourth-order valence-electron chi connectivity index (χ4n) is 4.37. The van der Waals surface area contributed by atoms with Gasteiger partial charge in [0.25, 0.3) is 0 Å². The number of fused-ring (bicyclic) bond motifs is 1. The van der Waals surface area contributed by atoms with Gasteiger partial charge in [0.05, 0.1) is 21.8 Å². The van der Waals surface area contributed by atoms with Crippen LogP contribution in [0.25, 0.3) is 16.7 Å². The van der Waals surface area contributed by atoms with Gasteiger partial charge in [0.1, 0.15) is 11.0 Å². The Morgan fingerprint density at radius 3 is 2.61 bits per heavy atom. The summed E-state index contributed by atoms with van der Waals surface area (Å²) in [6.07, 6.45) is 3.96. The number of halogens is 2. The molecule has 0 bridgehead atoms. The van der Waals surface area contributed by atoms with Crippen molar-refractivity contribution in [1.82, 2.24) is 19.5 Å². The number of aryl methyl sites for hydroxylation is 1. The van der Waals surface area contributed by atoms with Gasteiger partial charge in [-0.2, -0.15) is 4.98 Å². The first-order chi connectivity index (χ1) is 14.7. The second-order valence-electron chi connectivity index (χ2n) is 8.89. The summed E-state index contributed by atoms with van der Waals surface area (Å²) < 4.78 is 1.54. The number of hydrogen-bond donors (Lipinski definition) is 0.